The molecular formula is C24H24ClN3O3S. The smallest absolute Gasteiger partial charge is 0.253 e. The lowest BCUT2D eigenvalue weighted by molar-refractivity contribution is 0.172. The van der Waals surface area contributed by atoms with Crippen LogP contribution in [0.5, 0.6) is 11.5 Å². The Morgan fingerprint density at radius 2 is 1.88 bits per heavy atom. The fourth-order valence-corrected chi connectivity index (χ4v) is 4.95. The summed E-state index contributed by atoms with van der Waals surface area (Å²) in [6.45, 7) is 1.46. The molecular weight excluding hydrogens is 446 g/mol. The van der Waals surface area contributed by atoms with Gasteiger partial charge in [0.05, 0.1) is 12.1 Å². The van der Waals surface area contributed by atoms with Crippen molar-refractivity contribution in [2.45, 2.75) is 38.3 Å². The predicted molar refractivity (Wildman–Crippen MR) is 131 cm³/mol. The van der Waals surface area contributed by atoms with Crippen molar-refractivity contribution in [1.29, 1.82) is 0 Å². The van der Waals surface area contributed by atoms with Gasteiger partial charge in [0.25, 0.3) is 5.56 Å². The van der Waals surface area contributed by atoms with Gasteiger partial charge in [-0.25, -0.2) is 0 Å². The van der Waals surface area contributed by atoms with E-state index in [-0.39, 0.29) is 5.56 Å². The van der Waals surface area contributed by atoms with Crippen LogP contribution in [0.15, 0.2) is 47.3 Å². The predicted octanol–water partition coefficient (Wildman–Crippen LogP) is 5.09. The zero-order valence-electron chi connectivity index (χ0n) is 17.5. The third kappa shape index (κ3) is 4.40. The molecule has 0 radical (unpaired) electrons. The fraction of sp³-hybridized carbons (Fsp3) is 0.333. The van der Waals surface area contributed by atoms with Crippen molar-refractivity contribution < 1.29 is 9.47 Å². The summed E-state index contributed by atoms with van der Waals surface area (Å²) in [5.41, 5.74) is 2.11. The van der Waals surface area contributed by atoms with E-state index >= 15 is 0 Å². The van der Waals surface area contributed by atoms with Crippen molar-refractivity contribution in [3.63, 3.8) is 0 Å². The largest absolute Gasteiger partial charge is 0.486 e. The second-order valence-electron chi connectivity index (χ2n) is 8.21. The molecule has 0 amide bonds. The highest BCUT2D eigenvalue weighted by molar-refractivity contribution is 7.80. The standard InChI is InChI=1S/C24H24ClN3O3S/c25-17-4-3-5-18(12-17)26-24(32)28(19-6-1-2-7-19)14-16-10-15-11-21-22(31-9-8-30-21)13-20(15)27-23(16)29/h3-5,10-13,19H,1-2,6-9,14H2,(H,26,32)(H,27,29). The number of pyridine rings is 1. The number of thiocarbonyl (C=S) groups is 1. The maximum absolute atomic E-state index is 12.9. The van der Waals surface area contributed by atoms with E-state index in [1.165, 1.54) is 12.8 Å². The van der Waals surface area contributed by atoms with Crippen LogP contribution in [0.3, 0.4) is 0 Å². The number of nitrogens with zero attached hydrogens (tertiary/aromatic N) is 1. The Bertz CT molecular complexity index is 1220. The molecule has 1 aliphatic carbocycles. The highest BCUT2D eigenvalue weighted by Gasteiger charge is 2.26. The van der Waals surface area contributed by atoms with Gasteiger partial charge in [-0.1, -0.05) is 30.5 Å². The third-order valence-electron chi connectivity index (χ3n) is 6.03. The molecule has 6 nitrogen and oxygen atoms in total. The quantitative estimate of drug-likeness (QED) is 0.518. The number of fused-ring (bicyclic) bond motifs is 2. The number of hydrogen-bond acceptors (Lipinski definition) is 4. The Kier molecular flexibility index (Phi) is 5.93. The number of aromatic nitrogens is 1. The van der Waals surface area contributed by atoms with E-state index in [0.29, 0.717) is 53.0 Å². The molecule has 8 heteroatoms. The van der Waals surface area contributed by atoms with Gasteiger partial charge < -0.3 is 24.7 Å². The Hall–Kier alpha value is -2.77. The molecule has 3 aromatic rings. The van der Waals surface area contributed by atoms with Gasteiger partial charge in [0.2, 0.25) is 0 Å². The molecule has 0 atom stereocenters. The van der Waals surface area contributed by atoms with E-state index in [1.54, 1.807) is 0 Å². The van der Waals surface area contributed by atoms with Gasteiger partial charge in [0.15, 0.2) is 16.6 Å². The molecule has 0 spiro atoms. The average molecular weight is 470 g/mol. The maximum Gasteiger partial charge on any atom is 0.253 e. The summed E-state index contributed by atoms with van der Waals surface area (Å²) >= 11 is 11.9. The molecule has 1 aliphatic heterocycles. The van der Waals surface area contributed by atoms with Crippen molar-refractivity contribution in [3.8, 4) is 11.5 Å². The zero-order chi connectivity index (χ0) is 22.1. The normalized spacial score (nSPS) is 15.7. The van der Waals surface area contributed by atoms with E-state index < -0.39 is 0 Å². The highest BCUT2D eigenvalue weighted by atomic mass is 35.5. The number of rotatable bonds is 4. The maximum atomic E-state index is 12.9. The van der Waals surface area contributed by atoms with Gasteiger partial charge in [-0.05, 0) is 55.4 Å². The molecule has 2 N–H and O–H groups in total. The van der Waals surface area contributed by atoms with Gasteiger partial charge in [-0.3, -0.25) is 4.79 Å². The van der Waals surface area contributed by atoms with E-state index in [0.717, 1.165) is 29.4 Å². The first-order valence-corrected chi connectivity index (χ1v) is 11.6. The molecule has 166 valence electrons. The summed E-state index contributed by atoms with van der Waals surface area (Å²) < 4.78 is 11.3. The molecule has 32 heavy (non-hydrogen) atoms. The average Bonchev–Trinajstić information content (AvgIpc) is 3.31. The number of halogens is 1. The number of H-pyrrole nitrogens is 1. The van der Waals surface area contributed by atoms with Gasteiger partial charge in [-0.2, -0.15) is 0 Å². The van der Waals surface area contributed by atoms with Crippen molar-refractivity contribution in [2.75, 3.05) is 18.5 Å². The van der Waals surface area contributed by atoms with E-state index in [1.807, 2.05) is 42.5 Å². The summed E-state index contributed by atoms with van der Waals surface area (Å²) in [6, 6.07) is 13.5. The van der Waals surface area contributed by atoms with Crippen LogP contribution in [0.2, 0.25) is 5.02 Å². The minimum Gasteiger partial charge on any atom is -0.486 e. The van der Waals surface area contributed by atoms with E-state index in [2.05, 4.69) is 15.2 Å². The number of benzene rings is 2. The second kappa shape index (κ2) is 9.00. The Morgan fingerprint density at radius 1 is 1.12 bits per heavy atom. The molecule has 1 fully saturated rings. The van der Waals surface area contributed by atoms with Gasteiger partial charge in [0, 0.05) is 33.8 Å². The van der Waals surface area contributed by atoms with Crippen molar-refractivity contribution in [1.82, 2.24) is 9.88 Å². The van der Waals surface area contributed by atoms with E-state index in [4.69, 9.17) is 33.3 Å². The molecule has 5 rings (SSSR count). The van der Waals surface area contributed by atoms with Crippen molar-refractivity contribution in [3.05, 3.63) is 63.4 Å². The van der Waals surface area contributed by atoms with Crippen molar-refractivity contribution >= 4 is 45.5 Å². The first-order valence-electron chi connectivity index (χ1n) is 10.9. The Morgan fingerprint density at radius 3 is 2.62 bits per heavy atom. The van der Waals surface area contributed by atoms with Gasteiger partial charge in [0.1, 0.15) is 13.2 Å². The van der Waals surface area contributed by atoms with Crippen LogP contribution in [0.25, 0.3) is 10.9 Å². The molecule has 0 saturated heterocycles. The number of ether oxygens (including phenoxy) is 2. The van der Waals surface area contributed by atoms with Crippen LogP contribution in [-0.2, 0) is 6.54 Å². The number of aromatic amines is 1. The fourth-order valence-electron chi connectivity index (χ4n) is 4.43. The van der Waals surface area contributed by atoms with Crippen LogP contribution in [0.4, 0.5) is 5.69 Å². The first kappa shape index (κ1) is 21.1. The molecule has 1 aromatic heterocycles. The van der Waals surface area contributed by atoms with Crippen LogP contribution in [0, 0.1) is 0 Å². The van der Waals surface area contributed by atoms with Gasteiger partial charge in [-0.15, -0.1) is 0 Å². The SMILES string of the molecule is O=c1[nH]c2cc3c(cc2cc1CN(C(=S)Nc1cccc(Cl)c1)C1CCCC1)OCCO3. The number of anilines is 1. The van der Waals surface area contributed by atoms with Crippen LogP contribution >= 0.6 is 23.8 Å². The topological polar surface area (TPSA) is 66.6 Å². The summed E-state index contributed by atoms with van der Waals surface area (Å²) in [4.78, 5) is 18.1. The second-order valence-corrected chi connectivity index (χ2v) is 9.04. The highest BCUT2D eigenvalue weighted by Crippen LogP contribution is 2.34. The number of hydrogen-bond donors (Lipinski definition) is 2. The lowest BCUT2D eigenvalue weighted by atomic mass is 10.1. The summed E-state index contributed by atoms with van der Waals surface area (Å²) in [7, 11) is 0. The minimum absolute atomic E-state index is 0.122. The van der Waals surface area contributed by atoms with Crippen LogP contribution < -0.4 is 20.3 Å². The summed E-state index contributed by atoms with van der Waals surface area (Å²) in [5.74, 6) is 1.36. The Balaban J connectivity index is 1.45. The molecule has 2 heterocycles. The molecule has 1 saturated carbocycles. The third-order valence-corrected chi connectivity index (χ3v) is 6.60. The Labute approximate surface area is 196 Å². The molecule has 0 unspecified atom stereocenters. The van der Waals surface area contributed by atoms with Crippen LogP contribution in [0.1, 0.15) is 31.2 Å². The minimum atomic E-state index is -0.122. The number of nitrogens with one attached hydrogen (secondary N) is 2. The summed E-state index contributed by atoms with van der Waals surface area (Å²) in [5, 5.41) is 5.45. The van der Waals surface area contributed by atoms with E-state index in [9.17, 15) is 4.79 Å². The molecule has 2 aromatic carbocycles. The zero-order valence-corrected chi connectivity index (χ0v) is 19.1. The summed E-state index contributed by atoms with van der Waals surface area (Å²) in [6.07, 6.45) is 4.44. The van der Waals surface area contributed by atoms with Crippen molar-refractivity contribution in [2.24, 2.45) is 0 Å². The first-order chi connectivity index (χ1) is 15.6. The molecule has 0 bridgehead atoms. The monoisotopic (exact) mass is 469 g/mol. The van der Waals surface area contributed by atoms with Crippen LogP contribution in [-0.4, -0.2) is 34.3 Å². The molecule has 2 aliphatic rings. The lowest BCUT2D eigenvalue weighted by Crippen LogP contribution is -2.42. The lowest BCUT2D eigenvalue weighted by Gasteiger charge is -2.31. The van der Waals surface area contributed by atoms with Gasteiger partial charge >= 0.3 is 0 Å².